The van der Waals surface area contributed by atoms with Gasteiger partial charge in [0.25, 0.3) is 5.91 Å². The number of amides is 3. The van der Waals surface area contributed by atoms with E-state index in [1.807, 2.05) is 12.1 Å². The lowest BCUT2D eigenvalue weighted by atomic mass is 9.92. The van der Waals surface area contributed by atoms with E-state index in [0.29, 0.717) is 17.7 Å². The number of benzene rings is 1. The highest BCUT2D eigenvalue weighted by Crippen LogP contribution is 2.40. The van der Waals surface area contributed by atoms with Gasteiger partial charge in [0.1, 0.15) is 5.54 Å². The van der Waals surface area contributed by atoms with E-state index < -0.39 is 30.0 Å². The van der Waals surface area contributed by atoms with Crippen molar-refractivity contribution in [2.75, 3.05) is 6.54 Å². The molecule has 19 heavy (non-hydrogen) atoms. The standard InChI is InChI=1S/C13H12N2O4/c16-10(17)7-15-11(18)13(14-12(15)19)6-5-8-3-1-2-4-9(8)13/h1-4H,5-7H2,(H,14,19)(H,16,17)/p-1/t13-/m1/s1. The van der Waals surface area contributed by atoms with Crippen LogP contribution in [-0.4, -0.2) is 29.4 Å². The van der Waals surface area contributed by atoms with Crippen LogP contribution < -0.4 is 10.4 Å². The fourth-order valence-corrected chi connectivity index (χ4v) is 2.86. The van der Waals surface area contributed by atoms with Gasteiger partial charge in [0.15, 0.2) is 0 Å². The zero-order chi connectivity index (χ0) is 13.6. The molecule has 1 aromatic rings. The van der Waals surface area contributed by atoms with Crippen LogP contribution in [0, 0.1) is 0 Å². The third-order valence-corrected chi connectivity index (χ3v) is 3.71. The van der Waals surface area contributed by atoms with Gasteiger partial charge in [0, 0.05) is 0 Å². The van der Waals surface area contributed by atoms with E-state index in [2.05, 4.69) is 5.32 Å². The normalized spacial score (nSPS) is 24.7. The van der Waals surface area contributed by atoms with Crippen molar-refractivity contribution in [1.82, 2.24) is 10.2 Å². The van der Waals surface area contributed by atoms with Gasteiger partial charge in [-0.1, -0.05) is 24.3 Å². The number of aryl methyl sites for hydroxylation is 1. The van der Waals surface area contributed by atoms with E-state index in [9.17, 15) is 19.5 Å². The summed E-state index contributed by atoms with van der Waals surface area (Å²) in [6.07, 6.45) is 1.14. The molecule has 0 bridgehead atoms. The average molecular weight is 259 g/mol. The first-order valence-corrected chi connectivity index (χ1v) is 5.97. The molecule has 6 heteroatoms. The summed E-state index contributed by atoms with van der Waals surface area (Å²) in [5.41, 5.74) is 0.670. The summed E-state index contributed by atoms with van der Waals surface area (Å²) in [6, 6.07) is 6.70. The Hall–Kier alpha value is -2.37. The minimum Gasteiger partial charge on any atom is -0.548 e. The number of nitrogens with zero attached hydrogens (tertiary/aromatic N) is 1. The van der Waals surface area contributed by atoms with Crippen LogP contribution in [0.15, 0.2) is 24.3 Å². The average Bonchev–Trinajstić information content (AvgIpc) is 2.85. The molecule has 1 saturated heterocycles. The number of fused-ring (bicyclic) bond motifs is 2. The minimum absolute atomic E-state index is 0.459. The predicted octanol–water partition coefficient (Wildman–Crippen LogP) is -0.870. The van der Waals surface area contributed by atoms with Crippen molar-refractivity contribution in [3.05, 3.63) is 35.4 Å². The van der Waals surface area contributed by atoms with Gasteiger partial charge < -0.3 is 15.2 Å². The van der Waals surface area contributed by atoms with Gasteiger partial charge in [-0.05, 0) is 24.0 Å². The lowest BCUT2D eigenvalue weighted by Crippen LogP contribution is -2.44. The van der Waals surface area contributed by atoms with Gasteiger partial charge in [0.05, 0.1) is 12.5 Å². The smallest absolute Gasteiger partial charge is 0.325 e. The molecule has 1 aliphatic heterocycles. The summed E-state index contributed by atoms with van der Waals surface area (Å²) >= 11 is 0. The summed E-state index contributed by atoms with van der Waals surface area (Å²) in [5.74, 6) is -1.96. The summed E-state index contributed by atoms with van der Waals surface area (Å²) in [6.45, 7) is -0.714. The van der Waals surface area contributed by atoms with Gasteiger partial charge in [-0.15, -0.1) is 0 Å². The van der Waals surface area contributed by atoms with Crippen LogP contribution in [0.1, 0.15) is 17.5 Å². The molecule has 0 unspecified atom stereocenters. The van der Waals surface area contributed by atoms with Crippen molar-refractivity contribution >= 4 is 17.9 Å². The first kappa shape index (κ1) is 11.7. The van der Waals surface area contributed by atoms with Crippen molar-refractivity contribution in [3.63, 3.8) is 0 Å². The third-order valence-electron chi connectivity index (χ3n) is 3.71. The number of aliphatic carboxylic acids is 1. The zero-order valence-electron chi connectivity index (χ0n) is 10.0. The highest BCUT2D eigenvalue weighted by Gasteiger charge is 2.55. The molecule has 1 aromatic carbocycles. The van der Waals surface area contributed by atoms with E-state index in [0.717, 1.165) is 11.1 Å². The maximum atomic E-state index is 12.4. The Kier molecular flexibility index (Phi) is 2.35. The monoisotopic (exact) mass is 259 g/mol. The number of carboxylic acids is 1. The zero-order valence-corrected chi connectivity index (χ0v) is 10.0. The Balaban J connectivity index is 2.02. The molecule has 1 N–H and O–H groups in total. The second-order valence-electron chi connectivity index (χ2n) is 4.76. The number of carboxylic acid groups (broad SMARTS) is 1. The molecule has 0 radical (unpaired) electrons. The van der Waals surface area contributed by atoms with Crippen LogP contribution in [0.25, 0.3) is 0 Å². The highest BCUT2D eigenvalue weighted by molar-refractivity contribution is 6.09. The number of imide groups is 1. The first-order chi connectivity index (χ1) is 9.04. The Morgan fingerprint density at radius 3 is 2.84 bits per heavy atom. The van der Waals surface area contributed by atoms with Crippen LogP contribution in [0.4, 0.5) is 4.79 Å². The molecule has 1 aliphatic carbocycles. The topological polar surface area (TPSA) is 89.5 Å². The van der Waals surface area contributed by atoms with Crippen molar-refractivity contribution in [2.45, 2.75) is 18.4 Å². The SMILES string of the molecule is O=C([O-])CN1C(=O)N[C@@]2(CCc3ccccc32)C1=O. The van der Waals surface area contributed by atoms with Gasteiger partial charge in [-0.25, -0.2) is 4.79 Å². The van der Waals surface area contributed by atoms with Crippen LogP contribution in [0.2, 0.25) is 0 Å². The number of hydrogen-bond acceptors (Lipinski definition) is 4. The second kappa shape index (κ2) is 3.81. The van der Waals surface area contributed by atoms with Crippen LogP contribution in [-0.2, 0) is 21.5 Å². The Morgan fingerprint density at radius 1 is 1.37 bits per heavy atom. The molecule has 3 rings (SSSR count). The second-order valence-corrected chi connectivity index (χ2v) is 4.76. The highest BCUT2D eigenvalue weighted by atomic mass is 16.4. The summed E-state index contributed by atoms with van der Waals surface area (Å²) in [5, 5.41) is 13.2. The number of carbonyl (C=O) groups is 3. The molecular weight excluding hydrogens is 248 g/mol. The molecule has 1 spiro atoms. The van der Waals surface area contributed by atoms with Crippen molar-refractivity contribution in [3.8, 4) is 0 Å². The summed E-state index contributed by atoms with van der Waals surface area (Å²) in [4.78, 5) is 35.5. The van der Waals surface area contributed by atoms with E-state index in [1.54, 1.807) is 12.1 Å². The number of rotatable bonds is 2. The largest absolute Gasteiger partial charge is 0.548 e. The molecule has 6 nitrogen and oxygen atoms in total. The van der Waals surface area contributed by atoms with E-state index in [4.69, 9.17) is 0 Å². The molecular formula is C13H11N2O4-. The van der Waals surface area contributed by atoms with Crippen molar-refractivity contribution in [2.24, 2.45) is 0 Å². The number of carbonyl (C=O) groups excluding carboxylic acids is 3. The van der Waals surface area contributed by atoms with E-state index >= 15 is 0 Å². The van der Waals surface area contributed by atoms with Gasteiger partial charge in [-0.3, -0.25) is 9.69 Å². The molecule has 98 valence electrons. The van der Waals surface area contributed by atoms with Crippen molar-refractivity contribution < 1.29 is 19.5 Å². The van der Waals surface area contributed by atoms with Crippen molar-refractivity contribution in [1.29, 1.82) is 0 Å². The fourth-order valence-electron chi connectivity index (χ4n) is 2.86. The molecule has 0 aromatic heterocycles. The fraction of sp³-hybridized carbons (Fsp3) is 0.308. The lowest BCUT2D eigenvalue weighted by Gasteiger charge is -2.22. The molecule has 1 heterocycles. The minimum atomic E-state index is -1.45. The molecule has 1 atom stereocenters. The van der Waals surface area contributed by atoms with Gasteiger partial charge in [0.2, 0.25) is 0 Å². The molecule has 0 saturated carbocycles. The van der Waals surface area contributed by atoms with E-state index in [1.165, 1.54) is 0 Å². The predicted molar refractivity (Wildman–Crippen MR) is 61.7 cm³/mol. The Bertz CT molecular complexity index is 598. The van der Waals surface area contributed by atoms with Crippen LogP contribution in [0.3, 0.4) is 0 Å². The molecule has 2 aliphatic rings. The molecule has 1 fully saturated rings. The van der Waals surface area contributed by atoms with Crippen LogP contribution >= 0.6 is 0 Å². The lowest BCUT2D eigenvalue weighted by molar-refractivity contribution is -0.305. The first-order valence-electron chi connectivity index (χ1n) is 5.97. The third kappa shape index (κ3) is 1.53. The maximum Gasteiger partial charge on any atom is 0.325 e. The Labute approximate surface area is 109 Å². The summed E-state index contributed by atoms with van der Waals surface area (Å²) in [7, 11) is 0. The van der Waals surface area contributed by atoms with Gasteiger partial charge in [-0.2, -0.15) is 0 Å². The van der Waals surface area contributed by atoms with E-state index in [-0.39, 0.29) is 0 Å². The molecule has 3 amide bonds. The quantitative estimate of drug-likeness (QED) is 0.699. The number of hydrogen-bond donors (Lipinski definition) is 1. The number of nitrogens with one attached hydrogen (secondary N) is 1. The maximum absolute atomic E-state index is 12.4. The van der Waals surface area contributed by atoms with Crippen LogP contribution in [0.5, 0.6) is 0 Å². The van der Waals surface area contributed by atoms with Gasteiger partial charge >= 0.3 is 6.03 Å². The number of urea groups is 1. The Morgan fingerprint density at radius 2 is 2.11 bits per heavy atom. The summed E-state index contributed by atoms with van der Waals surface area (Å²) < 4.78 is 0.